The monoisotopic (exact) mass is 614 g/mol. The Labute approximate surface area is 263 Å². The third-order valence-electron chi connectivity index (χ3n) is 11.8. The molecule has 0 saturated heterocycles. The first-order valence-corrected chi connectivity index (χ1v) is 15.4. The Hall–Kier alpha value is -3.75. The number of aliphatic hydroxyl groups is 2. The zero-order valence-corrected chi connectivity index (χ0v) is 27.6. The van der Waals surface area contributed by atoms with Crippen molar-refractivity contribution >= 4 is 40.6 Å². The highest BCUT2D eigenvalue weighted by atomic mass is 16.3. The van der Waals surface area contributed by atoms with Gasteiger partial charge in [-0.1, -0.05) is 39.8 Å². The second-order valence-electron chi connectivity index (χ2n) is 14.2. The Morgan fingerprint density at radius 3 is 1.93 bits per heavy atom. The number of benzene rings is 2. The van der Waals surface area contributed by atoms with E-state index in [-0.39, 0.29) is 11.3 Å². The summed E-state index contributed by atoms with van der Waals surface area (Å²) in [6, 6.07) is 4.53. The van der Waals surface area contributed by atoms with Gasteiger partial charge in [0, 0.05) is 16.7 Å². The van der Waals surface area contributed by atoms with Crippen molar-refractivity contribution in [3.05, 3.63) is 62.7 Å². The molecule has 0 spiro atoms. The number of aromatic hydroxyl groups is 1. The van der Waals surface area contributed by atoms with Crippen LogP contribution in [0.5, 0.6) is 5.75 Å². The standard InChI is InChI=1S/C37H42O8/c1-15(2)28-30(40)26(21(8)38)32(42)37(45)33(43)29-31(41)27-22(12-11-13-25(27)39)24(35(29,9)34(44)36(28,37)10)14-23-19(6)17(4)16(3)18(5)20(23)7/h11-15,26,28-29,34,39,44-45H,1-10H3/b24-14+/t26?,28?,29?,34-,35+,36+,37+/m1/s1. The fraction of sp³-hybridized carbons (Fsp3) is 0.486. The van der Waals surface area contributed by atoms with Gasteiger partial charge in [0.25, 0.3) is 0 Å². The smallest absolute Gasteiger partial charge is 0.191 e. The van der Waals surface area contributed by atoms with Crippen LogP contribution in [-0.2, 0) is 19.2 Å². The molecule has 45 heavy (non-hydrogen) atoms. The number of phenolic OH excluding ortho intramolecular Hbond substituents is 1. The minimum atomic E-state index is -3.03. The molecule has 5 rings (SSSR count). The molecule has 8 heteroatoms. The van der Waals surface area contributed by atoms with Crippen molar-refractivity contribution in [2.45, 2.75) is 80.9 Å². The van der Waals surface area contributed by atoms with Crippen LogP contribution in [-0.4, -0.2) is 55.9 Å². The topological polar surface area (TPSA) is 146 Å². The van der Waals surface area contributed by atoms with Gasteiger partial charge in [0.15, 0.2) is 28.7 Å². The second kappa shape index (κ2) is 10.1. The number of ketones is 5. The lowest BCUT2D eigenvalue weighted by Gasteiger charge is -2.64. The van der Waals surface area contributed by atoms with Gasteiger partial charge in [-0.05, 0) is 104 Å². The molecule has 2 aromatic carbocycles. The lowest BCUT2D eigenvalue weighted by molar-refractivity contribution is -0.230. The highest BCUT2D eigenvalue weighted by Crippen LogP contribution is 2.66. The Morgan fingerprint density at radius 2 is 1.42 bits per heavy atom. The number of hydrogen-bond donors (Lipinski definition) is 3. The van der Waals surface area contributed by atoms with E-state index in [4.69, 9.17) is 0 Å². The molecule has 2 saturated carbocycles. The van der Waals surface area contributed by atoms with Crippen molar-refractivity contribution in [3.63, 3.8) is 0 Å². The SMILES string of the molecule is CC(=O)C1C(=O)C(C(C)C)[C@@]2(C)[C@H](O)[C@@]3(C)/C(=C/c4c(C)c(C)c(C)c(C)c4C)c4cccc(O)c4C(=O)C3C(=O)[C@@]2(O)C1=O. The zero-order valence-electron chi connectivity index (χ0n) is 27.6. The Bertz CT molecular complexity index is 1750. The molecule has 3 unspecified atom stereocenters. The van der Waals surface area contributed by atoms with Gasteiger partial charge < -0.3 is 15.3 Å². The number of rotatable bonds is 3. The molecule has 2 fully saturated rings. The van der Waals surface area contributed by atoms with E-state index < -0.39 is 75.1 Å². The van der Waals surface area contributed by atoms with Crippen LogP contribution in [0.25, 0.3) is 11.6 Å². The third kappa shape index (κ3) is 3.75. The first-order chi connectivity index (χ1) is 20.7. The Morgan fingerprint density at radius 1 is 0.889 bits per heavy atom. The van der Waals surface area contributed by atoms with Crippen LogP contribution < -0.4 is 0 Å². The molecule has 0 amide bonds. The molecule has 0 radical (unpaired) electrons. The first-order valence-electron chi connectivity index (χ1n) is 15.4. The molecular weight excluding hydrogens is 572 g/mol. The summed E-state index contributed by atoms with van der Waals surface area (Å²) in [5.74, 6) is -10.9. The molecule has 7 atom stereocenters. The minimum Gasteiger partial charge on any atom is -0.507 e. The minimum absolute atomic E-state index is 0.155. The van der Waals surface area contributed by atoms with Gasteiger partial charge in [0.2, 0.25) is 0 Å². The molecule has 0 aliphatic heterocycles. The molecule has 3 aliphatic rings. The molecule has 2 aromatic rings. The zero-order chi connectivity index (χ0) is 33.9. The van der Waals surface area contributed by atoms with Gasteiger partial charge in [0.05, 0.1) is 17.6 Å². The maximum Gasteiger partial charge on any atom is 0.191 e. The fourth-order valence-corrected chi connectivity index (χ4v) is 9.00. The highest BCUT2D eigenvalue weighted by molar-refractivity contribution is 6.34. The predicted octanol–water partition coefficient (Wildman–Crippen LogP) is 4.60. The van der Waals surface area contributed by atoms with Gasteiger partial charge >= 0.3 is 0 Å². The average Bonchev–Trinajstić information content (AvgIpc) is 2.95. The van der Waals surface area contributed by atoms with Crippen LogP contribution in [0.3, 0.4) is 0 Å². The number of carbonyl (C=O) groups excluding carboxylic acids is 5. The summed E-state index contributed by atoms with van der Waals surface area (Å²) in [5, 5.41) is 36.0. The molecular formula is C37H42O8. The van der Waals surface area contributed by atoms with Crippen molar-refractivity contribution in [2.24, 2.45) is 34.5 Å². The summed E-state index contributed by atoms with van der Waals surface area (Å²) in [6.07, 6.45) is 0.0474. The maximum atomic E-state index is 14.8. The molecule has 3 N–H and O–H groups in total. The normalized spacial score (nSPS) is 33.8. The molecule has 3 aliphatic carbocycles. The van der Waals surface area contributed by atoms with Crippen LogP contribution in [0.15, 0.2) is 18.2 Å². The lowest BCUT2D eigenvalue weighted by Crippen LogP contribution is -2.81. The van der Waals surface area contributed by atoms with E-state index in [0.29, 0.717) is 11.1 Å². The average molecular weight is 615 g/mol. The van der Waals surface area contributed by atoms with Crippen LogP contribution in [0.1, 0.15) is 83.9 Å². The first kappa shape index (κ1) is 32.6. The lowest BCUT2D eigenvalue weighted by atomic mass is 9.38. The highest BCUT2D eigenvalue weighted by Gasteiger charge is 2.80. The molecule has 8 nitrogen and oxygen atoms in total. The molecule has 0 heterocycles. The fourth-order valence-electron chi connectivity index (χ4n) is 9.00. The van der Waals surface area contributed by atoms with Crippen LogP contribution in [0.2, 0.25) is 0 Å². The van der Waals surface area contributed by atoms with E-state index in [0.717, 1.165) is 40.3 Å². The van der Waals surface area contributed by atoms with E-state index in [1.165, 1.54) is 13.0 Å². The van der Waals surface area contributed by atoms with E-state index in [9.17, 15) is 39.3 Å². The Kier molecular flexibility index (Phi) is 7.34. The van der Waals surface area contributed by atoms with E-state index in [1.807, 2.05) is 40.7 Å². The summed E-state index contributed by atoms with van der Waals surface area (Å²) < 4.78 is 0. The third-order valence-corrected chi connectivity index (χ3v) is 11.8. The van der Waals surface area contributed by atoms with Gasteiger partial charge in [0.1, 0.15) is 17.5 Å². The number of phenols is 1. The van der Waals surface area contributed by atoms with Crippen LogP contribution in [0.4, 0.5) is 0 Å². The molecule has 0 bridgehead atoms. The Balaban J connectivity index is 1.95. The molecule has 238 valence electrons. The summed E-state index contributed by atoms with van der Waals surface area (Å²) in [7, 11) is 0. The van der Waals surface area contributed by atoms with Gasteiger partial charge in [-0.2, -0.15) is 0 Å². The number of fused-ring (bicyclic) bond motifs is 3. The number of hydrogen-bond acceptors (Lipinski definition) is 8. The second-order valence-corrected chi connectivity index (χ2v) is 14.2. The van der Waals surface area contributed by atoms with Crippen molar-refractivity contribution in [2.75, 3.05) is 0 Å². The summed E-state index contributed by atoms with van der Waals surface area (Å²) >= 11 is 0. The largest absolute Gasteiger partial charge is 0.507 e. The van der Waals surface area contributed by atoms with Gasteiger partial charge in [-0.15, -0.1) is 0 Å². The van der Waals surface area contributed by atoms with E-state index >= 15 is 0 Å². The predicted molar refractivity (Wildman–Crippen MR) is 169 cm³/mol. The van der Waals surface area contributed by atoms with Crippen molar-refractivity contribution in [1.29, 1.82) is 0 Å². The number of carbonyl (C=O) groups is 5. The van der Waals surface area contributed by atoms with Crippen LogP contribution >= 0.6 is 0 Å². The quantitative estimate of drug-likeness (QED) is 0.425. The van der Waals surface area contributed by atoms with E-state index in [1.54, 1.807) is 32.9 Å². The summed E-state index contributed by atoms with van der Waals surface area (Å²) in [5.41, 5.74) is -0.410. The molecule has 0 aromatic heterocycles. The summed E-state index contributed by atoms with van der Waals surface area (Å²) in [6.45, 7) is 17.3. The number of aliphatic hydroxyl groups excluding tert-OH is 1. The summed E-state index contributed by atoms with van der Waals surface area (Å²) in [4.78, 5) is 69.8. The van der Waals surface area contributed by atoms with Crippen molar-refractivity contribution in [1.82, 2.24) is 0 Å². The maximum absolute atomic E-state index is 14.8. The van der Waals surface area contributed by atoms with Crippen LogP contribution in [0, 0.1) is 69.1 Å². The number of Topliss-reactive ketones (excluding diaryl/α,β-unsaturated/α-hetero) is 5. The van der Waals surface area contributed by atoms with Crippen molar-refractivity contribution in [3.8, 4) is 5.75 Å². The van der Waals surface area contributed by atoms with E-state index in [2.05, 4.69) is 0 Å². The van der Waals surface area contributed by atoms with Gasteiger partial charge in [-0.25, -0.2) is 0 Å². The van der Waals surface area contributed by atoms with Gasteiger partial charge in [-0.3, -0.25) is 24.0 Å². The van der Waals surface area contributed by atoms with Crippen molar-refractivity contribution < 1.29 is 39.3 Å².